The summed E-state index contributed by atoms with van der Waals surface area (Å²) in [4.78, 5) is 0. The summed E-state index contributed by atoms with van der Waals surface area (Å²) in [6.07, 6.45) is 0.447. The summed E-state index contributed by atoms with van der Waals surface area (Å²) in [5, 5.41) is 0.624. The normalized spacial score (nSPS) is 12.5. The lowest BCUT2D eigenvalue weighted by Crippen LogP contribution is -2.15. The van der Waals surface area contributed by atoms with E-state index in [2.05, 4.69) is 15.9 Å². The first-order valence-corrected chi connectivity index (χ1v) is 7.21. The van der Waals surface area contributed by atoms with Crippen molar-refractivity contribution >= 4 is 27.5 Å². The van der Waals surface area contributed by atoms with Gasteiger partial charge in [-0.3, -0.25) is 0 Å². The zero-order valence-electron chi connectivity index (χ0n) is 10.8. The summed E-state index contributed by atoms with van der Waals surface area (Å²) in [5.74, 6) is -1.82. The minimum atomic E-state index is -0.923. The van der Waals surface area contributed by atoms with Gasteiger partial charge in [0.05, 0.1) is 4.47 Å². The molecular formula is C15H13BrClF2N. The summed E-state index contributed by atoms with van der Waals surface area (Å²) < 4.78 is 26.7. The first-order chi connectivity index (χ1) is 9.40. The van der Waals surface area contributed by atoms with Crippen molar-refractivity contribution < 1.29 is 8.78 Å². The van der Waals surface area contributed by atoms with Crippen molar-refractivity contribution in [3.8, 4) is 0 Å². The summed E-state index contributed by atoms with van der Waals surface area (Å²) in [6, 6.07) is 7.77. The molecule has 2 aromatic carbocycles. The van der Waals surface area contributed by atoms with Gasteiger partial charge in [0.2, 0.25) is 0 Å². The molecule has 0 aliphatic carbocycles. The molecule has 1 unspecified atom stereocenters. The van der Waals surface area contributed by atoms with Crippen LogP contribution >= 0.6 is 27.5 Å². The number of halogens is 4. The Hall–Kier alpha value is -0.970. The van der Waals surface area contributed by atoms with Gasteiger partial charge in [0.25, 0.3) is 0 Å². The molecule has 2 aromatic rings. The molecule has 5 heteroatoms. The van der Waals surface area contributed by atoms with E-state index in [1.165, 1.54) is 6.07 Å². The fourth-order valence-corrected chi connectivity index (χ4v) is 2.92. The Labute approximate surface area is 129 Å². The highest BCUT2D eigenvalue weighted by atomic mass is 79.9. The van der Waals surface area contributed by atoms with E-state index in [-0.39, 0.29) is 4.47 Å². The molecule has 0 heterocycles. The summed E-state index contributed by atoms with van der Waals surface area (Å²) in [6.45, 7) is 1.95. The van der Waals surface area contributed by atoms with Gasteiger partial charge >= 0.3 is 0 Å². The van der Waals surface area contributed by atoms with Crippen molar-refractivity contribution in [1.29, 1.82) is 0 Å². The van der Waals surface area contributed by atoms with Crippen LogP contribution < -0.4 is 5.73 Å². The van der Waals surface area contributed by atoms with Crippen molar-refractivity contribution in [2.75, 3.05) is 0 Å². The van der Waals surface area contributed by atoms with E-state index in [9.17, 15) is 8.78 Å². The van der Waals surface area contributed by atoms with Crippen LogP contribution in [0.25, 0.3) is 0 Å². The Bertz CT molecular complexity index is 646. The Kier molecular flexibility index (Phi) is 4.78. The third kappa shape index (κ3) is 3.19. The van der Waals surface area contributed by atoms with Gasteiger partial charge in [0.15, 0.2) is 11.6 Å². The van der Waals surface area contributed by atoms with Gasteiger partial charge in [0, 0.05) is 11.1 Å². The maximum atomic E-state index is 13.5. The van der Waals surface area contributed by atoms with E-state index in [1.807, 2.05) is 25.1 Å². The van der Waals surface area contributed by atoms with Crippen LogP contribution in [0.5, 0.6) is 0 Å². The molecule has 1 nitrogen and oxygen atoms in total. The number of aryl methyl sites for hydroxylation is 1. The Morgan fingerprint density at radius 3 is 2.60 bits per heavy atom. The molecule has 2 N–H and O–H groups in total. The van der Waals surface area contributed by atoms with Crippen molar-refractivity contribution in [2.45, 2.75) is 19.4 Å². The summed E-state index contributed by atoms with van der Waals surface area (Å²) in [5.41, 5.74) is 8.52. The fourth-order valence-electron chi connectivity index (χ4n) is 1.99. The molecule has 20 heavy (non-hydrogen) atoms. The van der Waals surface area contributed by atoms with Gasteiger partial charge in [0.1, 0.15) is 0 Å². The van der Waals surface area contributed by atoms with Crippen molar-refractivity contribution in [3.63, 3.8) is 0 Å². The van der Waals surface area contributed by atoms with Crippen LogP contribution in [0.15, 0.2) is 34.8 Å². The van der Waals surface area contributed by atoms with Crippen molar-refractivity contribution in [1.82, 2.24) is 0 Å². The molecular weight excluding hydrogens is 348 g/mol. The van der Waals surface area contributed by atoms with Gasteiger partial charge in [-0.2, -0.15) is 0 Å². The number of rotatable bonds is 3. The number of hydrogen-bond donors (Lipinski definition) is 1. The number of nitrogens with two attached hydrogens (primary N) is 1. The predicted octanol–water partition coefficient (Wildman–Crippen LogP) is 4.93. The van der Waals surface area contributed by atoms with Crippen molar-refractivity contribution in [2.24, 2.45) is 5.73 Å². The van der Waals surface area contributed by atoms with E-state index in [4.69, 9.17) is 17.3 Å². The first-order valence-electron chi connectivity index (χ1n) is 6.04. The van der Waals surface area contributed by atoms with Crippen molar-refractivity contribution in [3.05, 3.63) is 68.2 Å². The topological polar surface area (TPSA) is 26.0 Å². The molecule has 0 aromatic heterocycles. The van der Waals surface area contributed by atoms with Crippen LogP contribution in [0.3, 0.4) is 0 Å². The maximum Gasteiger partial charge on any atom is 0.173 e. The molecule has 0 bridgehead atoms. The standard InChI is InChI=1S/C15H13BrClF2N/c1-8-2-3-9(11(17)6-8)7-13(20)10-4-5-12(18)15(19)14(10)16/h2-6,13H,7,20H2,1H3. The SMILES string of the molecule is Cc1ccc(CC(N)c2ccc(F)c(F)c2Br)c(Cl)c1. The molecule has 0 aliphatic rings. The molecule has 0 fully saturated rings. The van der Waals surface area contributed by atoms with Crippen LogP contribution in [0.1, 0.15) is 22.7 Å². The molecule has 0 radical (unpaired) electrons. The summed E-state index contributed by atoms with van der Waals surface area (Å²) >= 11 is 9.20. The van der Waals surface area contributed by atoms with E-state index in [1.54, 1.807) is 0 Å². The van der Waals surface area contributed by atoms with Crippen LogP contribution in [0.2, 0.25) is 5.02 Å². The first kappa shape index (κ1) is 15.4. The Morgan fingerprint density at radius 1 is 1.25 bits per heavy atom. The lowest BCUT2D eigenvalue weighted by molar-refractivity contribution is 0.500. The van der Waals surface area contributed by atoms with E-state index in [0.29, 0.717) is 17.0 Å². The third-order valence-electron chi connectivity index (χ3n) is 3.11. The maximum absolute atomic E-state index is 13.5. The lowest BCUT2D eigenvalue weighted by Gasteiger charge is -2.16. The van der Waals surface area contributed by atoms with Crippen LogP contribution in [-0.4, -0.2) is 0 Å². The molecule has 0 aliphatic heterocycles. The molecule has 0 saturated heterocycles. The predicted molar refractivity (Wildman–Crippen MR) is 80.9 cm³/mol. The molecule has 1 atom stereocenters. The van der Waals surface area contributed by atoms with Crippen LogP contribution in [0, 0.1) is 18.6 Å². The molecule has 2 rings (SSSR count). The smallest absolute Gasteiger partial charge is 0.173 e. The minimum absolute atomic E-state index is 0.0632. The Morgan fingerprint density at radius 2 is 1.95 bits per heavy atom. The molecule has 0 amide bonds. The summed E-state index contributed by atoms with van der Waals surface area (Å²) in [7, 11) is 0. The molecule has 0 saturated carbocycles. The highest BCUT2D eigenvalue weighted by molar-refractivity contribution is 9.10. The Balaban J connectivity index is 2.28. The van der Waals surface area contributed by atoms with E-state index >= 15 is 0 Å². The zero-order valence-corrected chi connectivity index (χ0v) is 13.1. The van der Waals surface area contributed by atoms with Gasteiger partial charge in [-0.05, 0) is 58.1 Å². The third-order valence-corrected chi connectivity index (χ3v) is 4.27. The second-order valence-corrected chi connectivity index (χ2v) is 5.87. The average Bonchev–Trinajstić information content (AvgIpc) is 2.39. The number of hydrogen-bond acceptors (Lipinski definition) is 1. The minimum Gasteiger partial charge on any atom is -0.324 e. The zero-order chi connectivity index (χ0) is 14.9. The lowest BCUT2D eigenvalue weighted by atomic mass is 9.99. The second-order valence-electron chi connectivity index (χ2n) is 4.67. The second kappa shape index (κ2) is 6.20. The number of benzene rings is 2. The molecule has 0 spiro atoms. The molecule has 106 valence electrons. The van der Waals surface area contributed by atoms with Gasteiger partial charge in [-0.15, -0.1) is 0 Å². The largest absolute Gasteiger partial charge is 0.324 e. The van der Waals surface area contributed by atoms with E-state index in [0.717, 1.165) is 17.2 Å². The van der Waals surface area contributed by atoms with Gasteiger partial charge in [-0.1, -0.05) is 29.8 Å². The highest BCUT2D eigenvalue weighted by Gasteiger charge is 2.17. The monoisotopic (exact) mass is 359 g/mol. The highest BCUT2D eigenvalue weighted by Crippen LogP contribution is 2.30. The fraction of sp³-hybridized carbons (Fsp3) is 0.200. The quantitative estimate of drug-likeness (QED) is 0.772. The van der Waals surface area contributed by atoms with Gasteiger partial charge < -0.3 is 5.73 Å². The van der Waals surface area contributed by atoms with Crippen LogP contribution in [-0.2, 0) is 6.42 Å². The van der Waals surface area contributed by atoms with Crippen LogP contribution in [0.4, 0.5) is 8.78 Å². The van der Waals surface area contributed by atoms with Gasteiger partial charge in [-0.25, -0.2) is 8.78 Å². The average molecular weight is 361 g/mol. The van der Waals surface area contributed by atoms with E-state index < -0.39 is 17.7 Å².